The molecule has 0 aliphatic carbocycles. The van der Waals surface area contributed by atoms with Gasteiger partial charge in [-0.15, -0.1) is 0 Å². The molecule has 0 atom stereocenters. The summed E-state index contributed by atoms with van der Waals surface area (Å²) in [4.78, 5) is 0.323. The standard InChI is InChI=1S/C23H28F3NO2S/c1-2-3-4-18-7-11-22(12-8-18)30(28,29)27-15-13-20(14-16-27)17-19-5-9-21(10-6-19)23(24,25)26/h5-12,20H,2-4,13-17H2,1H3. The van der Waals surface area contributed by atoms with Gasteiger partial charge in [-0.1, -0.05) is 37.6 Å². The SMILES string of the molecule is CCCCc1ccc(S(=O)(=O)N2CCC(Cc3ccc(C(F)(F)F)cc3)CC2)cc1. The average Bonchev–Trinajstić information content (AvgIpc) is 2.73. The maximum atomic E-state index is 12.9. The summed E-state index contributed by atoms with van der Waals surface area (Å²) in [6.07, 6.45) is 0.875. The fourth-order valence-corrected chi connectivity index (χ4v) is 5.34. The monoisotopic (exact) mass is 439 g/mol. The van der Waals surface area contributed by atoms with E-state index in [1.165, 1.54) is 16.4 Å². The van der Waals surface area contributed by atoms with E-state index in [4.69, 9.17) is 0 Å². The smallest absolute Gasteiger partial charge is 0.207 e. The van der Waals surface area contributed by atoms with Gasteiger partial charge in [-0.25, -0.2) is 8.42 Å². The zero-order chi connectivity index (χ0) is 21.8. The lowest BCUT2D eigenvalue weighted by atomic mass is 9.91. The van der Waals surface area contributed by atoms with Crippen molar-refractivity contribution in [3.05, 3.63) is 65.2 Å². The molecule has 0 spiro atoms. The molecule has 1 aliphatic rings. The number of aryl methyl sites for hydroxylation is 1. The van der Waals surface area contributed by atoms with Crippen LogP contribution in [0.1, 0.15) is 49.3 Å². The predicted molar refractivity (Wildman–Crippen MR) is 112 cm³/mol. The Labute approximate surface area is 177 Å². The van der Waals surface area contributed by atoms with Crippen LogP contribution in [0, 0.1) is 5.92 Å². The maximum Gasteiger partial charge on any atom is 0.416 e. The van der Waals surface area contributed by atoms with E-state index in [1.54, 1.807) is 12.1 Å². The van der Waals surface area contributed by atoms with Crippen molar-refractivity contribution in [2.24, 2.45) is 5.92 Å². The Morgan fingerprint density at radius 3 is 2.03 bits per heavy atom. The molecular weight excluding hydrogens is 411 g/mol. The van der Waals surface area contributed by atoms with Crippen LogP contribution in [-0.2, 0) is 29.0 Å². The molecule has 0 saturated carbocycles. The van der Waals surface area contributed by atoms with Crippen molar-refractivity contribution in [3.63, 3.8) is 0 Å². The van der Waals surface area contributed by atoms with Gasteiger partial charge in [0.25, 0.3) is 0 Å². The Morgan fingerprint density at radius 2 is 1.50 bits per heavy atom. The number of hydrogen-bond donors (Lipinski definition) is 0. The molecule has 1 fully saturated rings. The summed E-state index contributed by atoms with van der Waals surface area (Å²) in [5.74, 6) is 0.268. The van der Waals surface area contributed by atoms with Crippen LogP contribution >= 0.6 is 0 Å². The number of unbranched alkanes of at least 4 members (excludes halogenated alkanes) is 1. The van der Waals surface area contributed by atoms with Gasteiger partial charge in [0.2, 0.25) is 10.0 Å². The van der Waals surface area contributed by atoms with E-state index < -0.39 is 21.8 Å². The van der Waals surface area contributed by atoms with Crippen molar-refractivity contribution < 1.29 is 21.6 Å². The first-order chi connectivity index (χ1) is 14.2. The zero-order valence-corrected chi connectivity index (χ0v) is 18.0. The van der Waals surface area contributed by atoms with E-state index in [1.807, 2.05) is 12.1 Å². The molecule has 0 N–H and O–H groups in total. The van der Waals surface area contributed by atoms with Crippen LogP contribution in [0.3, 0.4) is 0 Å². The molecule has 0 aromatic heterocycles. The summed E-state index contributed by atoms with van der Waals surface area (Å²) in [5, 5.41) is 0. The molecule has 0 amide bonds. The molecule has 2 aromatic rings. The second-order valence-corrected chi connectivity index (χ2v) is 9.93. The molecule has 1 aliphatic heterocycles. The van der Waals surface area contributed by atoms with Gasteiger partial charge in [-0.2, -0.15) is 17.5 Å². The topological polar surface area (TPSA) is 37.4 Å². The molecule has 2 aromatic carbocycles. The molecule has 1 saturated heterocycles. The highest BCUT2D eigenvalue weighted by molar-refractivity contribution is 7.89. The molecule has 0 bridgehead atoms. The molecule has 30 heavy (non-hydrogen) atoms. The lowest BCUT2D eigenvalue weighted by Gasteiger charge is -2.31. The number of benzene rings is 2. The van der Waals surface area contributed by atoms with Crippen LogP contribution < -0.4 is 0 Å². The summed E-state index contributed by atoms with van der Waals surface area (Å²) in [6.45, 7) is 3.00. The van der Waals surface area contributed by atoms with Crippen molar-refractivity contribution in [2.75, 3.05) is 13.1 Å². The first-order valence-corrected chi connectivity index (χ1v) is 11.9. The van der Waals surface area contributed by atoms with Crippen LogP contribution in [0.25, 0.3) is 0 Å². The Bertz CT molecular complexity index is 914. The fraction of sp³-hybridized carbons (Fsp3) is 0.478. The number of hydrogen-bond acceptors (Lipinski definition) is 2. The number of sulfonamides is 1. The van der Waals surface area contributed by atoms with E-state index in [-0.39, 0.29) is 5.92 Å². The first kappa shape index (κ1) is 22.8. The van der Waals surface area contributed by atoms with Crippen molar-refractivity contribution in [3.8, 4) is 0 Å². The normalized spacial score (nSPS) is 16.7. The van der Waals surface area contributed by atoms with E-state index in [0.29, 0.717) is 37.2 Å². The minimum Gasteiger partial charge on any atom is -0.207 e. The second kappa shape index (κ2) is 9.52. The van der Waals surface area contributed by atoms with Crippen LogP contribution in [0.15, 0.2) is 53.4 Å². The van der Waals surface area contributed by atoms with Gasteiger partial charge in [-0.05, 0) is 73.4 Å². The Morgan fingerprint density at radius 1 is 0.933 bits per heavy atom. The number of alkyl halides is 3. The maximum absolute atomic E-state index is 12.9. The summed E-state index contributed by atoms with van der Waals surface area (Å²) in [5.41, 5.74) is 1.35. The second-order valence-electron chi connectivity index (χ2n) is 7.99. The predicted octanol–water partition coefficient (Wildman–Crippen LogP) is 5.69. The quantitative estimate of drug-likeness (QED) is 0.556. The fourth-order valence-electron chi connectivity index (χ4n) is 3.87. The van der Waals surface area contributed by atoms with E-state index in [0.717, 1.165) is 42.5 Å². The van der Waals surface area contributed by atoms with Crippen LogP contribution in [0.4, 0.5) is 13.2 Å². The largest absolute Gasteiger partial charge is 0.416 e. The number of nitrogens with zero attached hydrogens (tertiary/aromatic N) is 1. The number of halogens is 3. The average molecular weight is 440 g/mol. The minimum absolute atomic E-state index is 0.268. The molecule has 7 heteroatoms. The van der Waals surface area contributed by atoms with Gasteiger partial charge in [0.15, 0.2) is 0 Å². The van der Waals surface area contributed by atoms with Crippen molar-refractivity contribution in [1.82, 2.24) is 4.31 Å². The third-order valence-electron chi connectivity index (χ3n) is 5.76. The highest BCUT2D eigenvalue weighted by Gasteiger charge is 2.31. The lowest BCUT2D eigenvalue weighted by Crippen LogP contribution is -2.38. The third-order valence-corrected chi connectivity index (χ3v) is 7.67. The van der Waals surface area contributed by atoms with Crippen LogP contribution in [0.5, 0.6) is 0 Å². The summed E-state index contributed by atoms with van der Waals surface area (Å²) in [7, 11) is -3.51. The van der Waals surface area contributed by atoms with Gasteiger partial charge in [-0.3, -0.25) is 0 Å². The first-order valence-electron chi connectivity index (χ1n) is 10.5. The van der Waals surface area contributed by atoms with Gasteiger partial charge in [0.1, 0.15) is 0 Å². The molecular formula is C23H28F3NO2S. The Balaban J connectivity index is 1.56. The minimum atomic E-state index is -4.33. The molecule has 164 valence electrons. The van der Waals surface area contributed by atoms with Crippen molar-refractivity contribution in [2.45, 2.75) is 56.5 Å². The van der Waals surface area contributed by atoms with Crippen molar-refractivity contribution >= 4 is 10.0 Å². The van der Waals surface area contributed by atoms with Gasteiger partial charge in [0, 0.05) is 13.1 Å². The highest BCUT2D eigenvalue weighted by atomic mass is 32.2. The van der Waals surface area contributed by atoms with E-state index >= 15 is 0 Å². The molecule has 3 rings (SSSR count). The van der Waals surface area contributed by atoms with Gasteiger partial charge in [0.05, 0.1) is 10.5 Å². The van der Waals surface area contributed by atoms with Gasteiger partial charge >= 0.3 is 6.18 Å². The summed E-state index contributed by atoms with van der Waals surface area (Å²) >= 11 is 0. The van der Waals surface area contributed by atoms with E-state index in [2.05, 4.69) is 6.92 Å². The van der Waals surface area contributed by atoms with Crippen LogP contribution in [0.2, 0.25) is 0 Å². The van der Waals surface area contributed by atoms with Crippen molar-refractivity contribution in [1.29, 1.82) is 0 Å². The van der Waals surface area contributed by atoms with Crippen LogP contribution in [-0.4, -0.2) is 25.8 Å². The van der Waals surface area contributed by atoms with E-state index in [9.17, 15) is 21.6 Å². The lowest BCUT2D eigenvalue weighted by molar-refractivity contribution is -0.137. The molecule has 3 nitrogen and oxygen atoms in total. The number of rotatable bonds is 7. The molecule has 0 radical (unpaired) electrons. The number of piperidine rings is 1. The zero-order valence-electron chi connectivity index (χ0n) is 17.2. The van der Waals surface area contributed by atoms with Gasteiger partial charge < -0.3 is 0 Å². The Kier molecular flexibility index (Phi) is 7.24. The highest BCUT2D eigenvalue weighted by Crippen LogP contribution is 2.30. The molecule has 1 heterocycles. The molecule has 0 unspecified atom stereocenters. The third kappa shape index (κ3) is 5.64. The summed E-state index contributed by atoms with van der Waals surface area (Å²) < 4.78 is 65.4. The summed E-state index contributed by atoms with van der Waals surface area (Å²) in [6, 6.07) is 12.4. The Hall–Kier alpha value is -1.86.